The van der Waals surface area contributed by atoms with Gasteiger partial charge in [0.25, 0.3) is 0 Å². The van der Waals surface area contributed by atoms with E-state index in [2.05, 4.69) is 0 Å². The van der Waals surface area contributed by atoms with E-state index in [0.29, 0.717) is 35.4 Å². The molecule has 5 nitrogen and oxygen atoms in total. The minimum absolute atomic E-state index is 0.0397. The van der Waals surface area contributed by atoms with E-state index in [1.54, 1.807) is 44.1 Å². The lowest BCUT2D eigenvalue weighted by molar-refractivity contribution is -0.137. The molecular weight excluding hydrogens is 483 g/mol. The normalized spacial score (nSPS) is 20.3. The quantitative estimate of drug-likeness (QED) is 0.358. The number of methoxy groups -OCH3 is 1. The fourth-order valence-corrected chi connectivity index (χ4v) is 5.29. The van der Waals surface area contributed by atoms with Crippen molar-refractivity contribution in [1.29, 1.82) is 0 Å². The summed E-state index contributed by atoms with van der Waals surface area (Å²) >= 11 is 0. The Hall–Kier alpha value is -3.29. The first-order valence-electron chi connectivity index (χ1n) is 12.6. The maximum Gasteiger partial charge on any atom is 0.416 e. The van der Waals surface area contributed by atoms with Crippen molar-refractivity contribution in [3.05, 3.63) is 69.8 Å². The molecule has 2 aromatic carbocycles. The molecule has 0 aromatic heterocycles. The number of Topliss-reactive ketones (excluding diaryl/α,β-unsaturated/α-hetero) is 1. The first-order chi connectivity index (χ1) is 17.5. The molecule has 0 radical (unpaired) electrons. The van der Waals surface area contributed by atoms with Crippen molar-refractivity contribution in [3.8, 4) is 5.75 Å². The van der Waals surface area contributed by atoms with Crippen molar-refractivity contribution in [2.45, 2.75) is 71.2 Å². The molecule has 2 aromatic rings. The van der Waals surface area contributed by atoms with Crippen molar-refractivity contribution >= 4 is 17.4 Å². The van der Waals surface area contributed by atoms with Gasteiger partial charge < -0.3 is 9.47 Å². The van der Waals surface area contributed by atoms with Crippen molar-refractivity contribution in [3.63, 3.8) is 0 Å². The Morgan fingerprint density at radius 1 is 1.14 bits per heavy atom. The highest BCUT2D eigenvalue weighted by Crippen LogP contribution is 2.41. The molecule has 1 saturated heterocycles. The van der Waals surface area contributed by atoms with Crippen molar-refractivity contribution in [2.75, 3.05) is 13.7 Å². The summed E-state index contributed by atoms with van der Waals surface area (Å²) in [6.07, 6.45) is -1.96. The fraction of sp³-hybridized carbons (Fsp3) is 0.448. The van der Waals surface area contributed by atoms with Gasteiger partial charge >= 0.3 is 12.3 Å². The van der Waals surface area contributed by atoms with Crippen LogP contribution in [0.15, 0.2) is 42.0 Å². The number of hydrogen-bond acceptors (Lipinski definition) is 4. The lowest BCUT2D eigenvalue weighted by Crippen LogP contribution is -2.34. The first kappa shape index (κ1) is 26.8. The Kier molecular flexibility index (Phi) is 7.67. The lowest BCUT2D eigenvalue weighted by atomic mass is 9.85. The van der Waals surface area contributed by atoms with Crippen LogP contribution in [0.4, 0.5) is 18.0 Å². The second-order valence-corrected chi connectivity index (χ2v) is 9.78. The minimum Gasteiger partial charge on any atom is -0.496 e. The van der Waals surface area contributed by atoms with Crippen LogP contribution in [-0.4, -0.2) is 36.5 Å². The van der Waals surface area contributed by atoms with Gasteiger partial charge in [-0.1, -0.05) is 18.6 Å². The van der Waals surface area contributed by atoms with E-state index < -0.39 is 30.0 Å². The molecule has 1 amide bonds. The van der Waals surface area contributed by atoms with Gasteiger partial charge in [0.15, 0.2) is 5.78 Å². The molecule has 2 atom stereocenters. The maximum absolute atomic E-state index is 13.4. The highest BCUT2D eigenvalue weighted by molar-refractivity contribution is 5.97. The van der Waals surface area contributed by atoms with Crippen LogP contribution >= 0.6 is 0 Å². The highest BCUT2D eigenvalue weighted by Gasteiger charge is 2.41. The van der Waals surface area contributed by atoms with E-state index in [1.807, 2.05) is 13.0 Å². The van der Waals surface area contributed by atoms with Crippen molar-refractivity contribution in [2.24, 2.45) is 0 Å². The molecule has 0 N–H and O–H groups in total. The number of alkyl halides is 3. The standard InChI is InChI=1S/C29H32F3NO4/c1-5-25(34)19-10-11-26(36-4)24(15-19)23-9-7-6-8-20(23)16-33-18(3)27(37-28(33)35)21-12-17(2)13-22(14-21)29(30,31)32/h10-15,18,27H,5-9,16H2,1-4H3/t18-,27-/m0/s1. The molecule has 0 unspecified atom stereocenters. The number of nitrogens with zero attached hydrogens (tertiary/aromatic N) is 1. The molecule has 37 heavy (non-hydrogen) atoms. The number of ketones is 1. The van der Waals surface area contributed by atoms with Crippen LogP contribution in [0.2, 0.25) is 0 Å². The summed E-state index contributed by atoms with van der Waals surface area (Å²) in [6.45, 7) is 5.52. The molecule has 2 aliphatic rings. The van der Waals surface area contributed by atoms with Crippen LogP contribution in [0.25, 0.3) is 5.57 Å². The van der Waals surface area contributed by atoms with Crippen molar-refractivity contribution in [1.82, 2.24) is 4.90 Å². The zero-order chi connectivity index (χ0) is 26.9. The van der Waals surface area contributed by atoms with Crippen molar-refractivity contribution < 1.29 is 32.2 Å². The van der Waals surface area contributed by atoms with Crippen LogP contribution in [0.1, 0.15) is 84.7 Å². The topological polar surface area (TPSA) is 55.8 Å². The van der Waals surface area contributed by atoms with E-state index in [1.165, 1.54) is 0 Å². The summed E-state index contributed by atoms with van der Waals surface area (Å²) < 4.78 is 51.4. The number of hydrogen-bond donors (Lipinski definition) is 0. The number of allylic oxidation sites excluding steroid dienone is 1. The highest BCUT2D eigenvalue weighted by atomic mass is 19.4. The van der Waals surface area contributed by atoms with Gasteiger partial charge in [0.2, 0.25) is 0 Å². The van der Waals surface area contributed by atoms with Gasteiger partial charge in [-0.2, -0.15) is 13.2 Å². The number of carbonyl (C=O) groups excluding carboxylic acids is 2. The predicted molar refractivity (Wildman–Crippen MR) is 135 cm³/mol. The van der Waals surface area contributed by atoms with Gasteiger partial charge in [0.05, 0.1) is 18.7 Å². The molecule has 0 saturated carbocycles. The zero-order valence-electron chi connectivity index (χ0n) is 21.6. The smallest absolute Gasteiger partial charge is 0.416 e. The predicted octanol–water partition coefficient (Wildman–Crippen LogP) is 7.52. The summed E-state index contributed by atoms with van der Waals surface area (Å²) in [7, 11) is 1.59. The molecule has 0 spiro atoms. The first-order valence-corrected chi connectivity index (χ1v) is 12.6. The molecule has 4 rings (SSSR count). The summed E-state index contributed by atoms with van der Waals surface area (Å²) in [4.78, 5) is 26.9. The SMILES string of the molecule is CCC(=O)c1ccc(OC)c(C2=C(CN3C(=O)O[C@H](c4cc(C)cc(C(F)(F)F)c4)[C@@H]3C)CCCC2)c1. The average molecular weight is 516 g/mol. The second kappa shape index (κ2) is 10.6. The minimum atomic E-state index is -4.49. The molecule has 1 aliphatic carbocycles. The molecule has 1 fully saturated rings. The van der Waals surface area contributed by atoms with E-state index in [9.17, 15) is 22.8 Å². The number of rotatable bonds is 7. The third-order valence-corrected chi connectivity index (χ3v) is 7.26. The average Bonchev–Trinajstić information content (AvgIpc) is 3.15. The number of carbonyl (C=O) groups is 2. The third-order valence-electron chi connectivity index (χ3n) is 7.26. The Morgan fingerprint density at radius 3 is 2.54 bits per heavy atom. The Bertz CT molecular complexity index is 1230. The van der Waals surface area contributed by atoms with Gasteiger partial charge in [-0.3, -0.25) is 9.69 Å². The van der Waals surface area contributed by atoms with Gasteiger partial charge in [-0.25, -0.2) is 4.79 Å². The summed E-state index contributed by atoms with van der Waals surface area (Å²) in [5, 5.41) is 0. The molecule has 1 aliphatic heterocycles. The number of halogens is 3. The molecule has 198 valence electrons. The number of aryl methyl sites for hydroxylation is 1. The maximum atomic E-state index is 13.4. The van der Waals surface area contributed by atoms with Gasteiger partial charge in [-0.05, 0) is 86.6 Å². The Balaban J connectivity index is 1.67. The van der Waals surface area contributed by atoms with Gasteiger partial charge in [0, 0.05) is 24.1 Å². The fourth-order valence-electron chi connectivity index (χ4n) is 5.29. The van der Waals surface area contributed by atoms with Gasteiger partial charge in [0.1, 0.15) is 11.9 Å². The van der Waals surface area contributed by atoms with Crippen LogP contribution in [0.5, 0.6) is 5.75 Å². The van der Waals surface area contributed by atoms with E-state index >= 15 is 0 Å². The number of benzene rings is 2. The monoisotopic (exact) mass is 515 g/mol. The molecule has 1 heterocycles. The summed E-state index contributed by atoms with van der Waals surface area (Å²) in [5.41, 5.74) is 3.60. The van der Waals surface area contributed by atoms with E-state index in [-0.39, 0.29) is 5.78 Å². The Morgan fingerprint density at radius 2 is 1.86 bits per heavy atom. The van der Waals surface area contributed by atoms with Crippen LogP contribution < -0.4 is 4.74 Å². The molecule has 8 heteroatoms. The van der Waals surface area contributed by atoms with E-state index in [0.717, 1.165) is 54.5 Å². The van der Waals surface area contributed by atoms with Gasteiger partial charge in [-0.15, -0.1) is 0 Å². The second-order valence-electron chi connectivity index (χ2n) is 9.78. The summed E-state index contributed by atoms with van der Waals surface area (Å²) in [6, 6.07) is 8.77. The third kappa shape index (κ3) is 5.53. The molecular formula is C29H32F3NO4. The molecule has 0 bridgehead atoms. The van der Waals surface area contributed by atoms with Crippen LogP contribution in [0.3, 0.4) is 0 Å². The zero-order valence-corrected chi connectivity index (χ0v) is 21.6. The summed E-state index contributed by atoms with van der Waals surface area (Å²) in [5.74, 6) is 0.703. The number of cyclic esters (lactones) is 1. The lowest BCUT2D eigenvalue weighted by Gasteiger charge is -2.28. The Labute approximate surface area is 215 Å². The largest absolute Gasteiger partial charge is 0.496 e. The number of ether oxygens (including phenoxy) is 2. The van der Waals surface area contributed by atoms with E-state index in [4.69, 9.17) is 9.47 Å². The van der Waals surface area contributed by atoms with Crippen LogP contribution in [-0.2, 0) is 10.9 Å². The van der Waals surface area contributed by atoms with Crippen LogP contribution in [0, 0.1) is 6.92 Å². The number of amides is 1.